The van der Waals surface area contributed by atoms with Crippen LogP contribution in [0, 0.1) is 0 Å². The fraction of sp³-hybridized carbons (Fsp3) is 0.412. The van der Waals surface area contributed by atoms with Crippen molar-refractivity contribution >= 4 is 41.3 Å². The molecule has 0 bridgehead atoms. The summed E-state index contributed by atoms with van der Waals surface area (Å²) in [7, 11) is 0. The van der Waals surface area contributed by atoms with Crippen LogP contribution < -0.4 is 16.4 Å². The Morgan fingerprint density at radius 1 is 1.19 bits per heavy atom. The highest BCUT2D eigenvalue weighted by Crippen LogP contribution is 2.16. The van der Waals surface area contributed by atoms with Gasteiger partial charge < -0.3 is 25.8 Å². The van der Waals surface area contributed by atoms with Crippen molar-refractivity contribution in [2.24, 2.45) is 5.73 Å². The number of hydrogen-bond donors (Lipinski definition) is 3. The van der Waals surface area contributed by atoms with Crippen molar-refractivity contribution in [3.05, 3.63) is 29.8 Å². The Morgan fingerprint density at radius 2 is 1.89 bits per heavy atom. The van der Waals surface area contributed by atoms with E-state index < -0.39 is 36.5 Å². The molecule has 1 atom stereocenters. The number of thioether (sulfide) groups is 1. The van der Waals surface area contributed by atoms with Gasteiger partial charge in [-0.25, -0.2) is 14.4 Å². The highest BCUT2D eigenvalue weighted by atomic mass is 32.2. The predicted molar refractivity (Wildman–Crippen MR) is 101 cm³/mol. The highest BCUT2D eigenvalue weighted by Gasteiger charge is 2.22. The minimum Gasteiger partial charge on any atom is -0.462 e. The summed E-state index contributed by atoms with van der Waals surface area (Å²) >= 11 is 1.49. The molecular formula is C17H23N3O6S. The normalized spacial score (nSPS) is 11.2. The molecule has 0 fully saturated rings. The van der Waals surface area contributed by atoms with Crippen molar-refractivity contribution in [1.29, 1.82) is 0 Å². The molecule has 0 aromatic heterocycles. The minimum atomic E-state index is -0.936. The predicted octanol–water partition coefficient (Wildman–Crippen LogP) is 1.13. The molecule has 0 saturated heterocycles. The summed E-state index contributed by atoms with van der Waals surface area (Å²) in [6, 6.07) is 4.52. The summed E-state index contributed by atoms with van der Waals surface area (Å²) in [5.41, 5.74) is 5.47. The lowest BCUT2D eigenvalue weighted by Crippen LogP contribution is -2.45. The lowest BCUT2D eigenvalue weighted by molar-refractivity contribution is -0.149. The highest BCUT2D eigenvalue weighted by molar-refractivity contribution is 7.98. The number of nitrogens with two attached hydrogens (primary N) is 1. The van der Waals surface area contributed by atoms with E-state index in [0.29, 0.717) is 12.2 Å². The first-order chi connectivity index (χ1) is 12.9. The summed E-state index contributed by atoms with van der Waals surface area (Å²) < 4.78 is 9.86. The lowest BCUT2D eigenvalue weighted by Gasteiger charge is -2.16. The molecule has 0 aliphatic rings. The third kappa shape index (κ3) is 7.99. The molecule has 1 aromatic carbocycles. The van der Waals surface area contributed by atoms with Gasteiger partial charge in [0.25, 0.3) is 5.91 Å². The molecule has 0 spiro atoms. The average molecular weight is 397 g/mol. The van der Waals surface area contributed by atoms with E-state index >= 15 is 0 Å². The van der Waals surface area contributed by atoms with Gasteiger partial charge in [-0.05, 0) is 37.5 Å². The zero-order valence-electron chi connectivity index (χ0n) is 15.2. The van der Waals surface area contributed by atoms with E-state index in [-0.39, 0.29) is 17.9 Å². The van der Waals surface area contributed by atoms with Crippen LogP contribution in [0.4, 0.5) is 10.5 Å². The molecule has 0 heterocycles. The Balaban J connectivity index is 2.65. The molecule has 3 amide bonds. The maximum absolute atomic E-state index is 12.1. The van der Waals surface area contributed by atoms with Gasteiger partial charge in [0.05, 0.1) is 17.9 Å². The number of para-hydroxylation sites is 1. The molecule has 10 heteroatoms. The Morgan fingerprint density at radius 3 is 2.52 bits per heavy atom. The number of carbonyl (C=O) groups is 4. The second kappa shape index (κ2) is 11.8. The van der Waals surface area contributed by atoms with Crippen LogP contribution in [0.1, 0.15) is 23.7 Å². The molecule has 27 heavy (non-hydrogen) atoms. The van der Waals surface area contributed by atoms with E-state index in [4.69, 9.17) is 15.2 Å². The van der Waals surface area contributed by atoms with Crippen molar-refractivity contribution < 1.29 is 28.7 Å². The molecule has 0 unspecified atom stereocenters. The Labute approximate surface area is 161 Å². The molecule has 0 radical (unpaired) electrons. The van der Waals surface area contributed by atoms with E-state index in [1.807, 2.05) is 6.26 Å². The molecule has 9 nitrogen and oxygen atoms in total. The number of hydrogen-bond acceptors (Lipinski definition) is 7. The second-order valence-electron chi connectivity index (χ2n) is 5.26. The van der Waals surface area contributed by atoms with Crippen LogP contribution in [0.25, 0.3) is 0 Å². The number of urea groups is 1. The molecule has 4 N–H and O–H groups in total. The number of nitrogens with one attached hydrogen (secondary N) is 2. The van der Waals surface area contributed by atoms with Gasteiger partial charge in [-0.1, -0.05) is 12.1 Å². The maximum atomic E-state index is 12.1. The van der Waals surface area contributed by atoms with Gasteiger partial charge in [0.2, 0.25) is 0 Å². The van der Waals surface area contributed by atoms with Gasteiger partial charge in [-0.2, -0.15) is 11.8 Å². The van der Waals surface area contributed by atoms with Crippen molar-refractivity contribution in [3.8, 4) is 0 Å². The number of esters is 2. The first-order valence-corrected chi connectivity index (χ1v) is 9.56. The molecule has 0 aliphatic carbocycles. The van der Waals surface area contributed by atoms with Gasteiger partial charge in [0, 0.05) is 0 Å². The van der Waals surface area contributed by atoms with E-state index in [2.05, 4.69) is 10.6 Å². The van der Waals surface area contributed by atoms with E-state index in [1.54, 1.807) is 19.1 Å². The Kier molecular flexibility index (Phi) is 9.73. The summed E-state index contributed by atoms with van der Waals surface area (Å²) in [6.45, 7) is 1.29. The van der Waals surface area contributed by atoms with Crippen molar-refractivity contribution in [2.75, 3.05) is 30.5 Å². The number of primary amides is 1. The van der Waals surface area contributed by atoms with Crippen LogP contribution in [-0.4, -0.2) is 55.1 Å². The first kappa shape index (κ1) is 22.3. The number of anilines is 1. The fourth-order valence-electron chi connectivity index (χ4n) is 2.06. The zero-order valence-corrected chi connectivity index (χ0v) is 16.0. The standard InChI is InChI=1S/C17H23N3O6S/c1-3-25-15(22)11-6-4-5-7-12(11)19-14(21)10-26-16(23)13(8-9-27-2)20-17(18)24/h4-7,13H,3,8-10H2,1-2H3,(H,19,21)(H3,18,20,24)/t13-/m0/s1. The zero-order chi connectivity index (χ0) is 20.2. The van der Waals surface area contributed by atoms with Crippen LogP contribution in [0.5, 0.6) is 0 Å². The number of benzene rings is 1. The van der Waals surface area contributed by atoms with Crippen LogP contribution in [0.15, 0.2) is 24.3 Å². The third-order valence-electron chi connectivity index (χ3n) is 3.25. The van der Waals surface area contributed by atoms with Crippen LogP contribution in [0.3, 0.4) is 0 Å². The largest absolute Gasteiger partial charge is 0.462 e. The Bertz CT molecular complexity index is 682. The van der Waals surface area contributed by atoms with Crippen molar-refractivity contribution in [1.82, 2.24) is 5.32 Å². The third-order valence-corrected chi connectivity index (χ3v) is 3.90. The van der Waals surface area contributed by atoms with E-state index in [1.165, 1.54) is 23.9 Å². The molecular weight excluding hydrogens is 374 g/mol. The smallest absolute Gasteiger partial charge is 0.340 e. The first-order valence-electron chi connectivity index (χ1n) is 8.16. The molecule has 148 valence electrons. The molecule has 0 aliphatic heterocycles. The van der Waals surface area contributed by atoms with Crippen LogP contribution in [0.2, 0.25) is 0 Å². The maximum Gasteiger partial charge on any atom is 0.340 e. The van der Waals surface area contributed by atoms with Crippen LogP contribution >= 0.6 is 11.8 Å². The quantitative estimate of drug-likeness (QED) is 0.503. The van der Waals surface area contributed by atoms with E-state index in [0.717, 1.165) is 0 Å². The Hall–Kier alpha value is -2.75. The van der Waals surface area contributed by atoms with Gasteiger partial charge in [0.1, 0.15) is 6.04 Å². The molecule has 1 rings (SSSR count). The summed E-state index contributed by atoms with van der Waals surface area (Å²) in [5, 5.41) is 4.78. The SMILES string of the molecule is CCOC(=O)c1ccccc1NC(=O)COC(=O)[C@H](CCSC)NC(N)=O. The van der Waals surface area contributed by atoms with Gasteiger partial charge in [-0.3, -0.25) is 4.79 Å². The van der Waals surface area contributed by atoms with Gasteiger partial charge >= 0.3 is 18.0 Å². The molecule has 1 aromatic rings. The minimum absolute atomic E-state index is 0.187. The number of amides is 3. The summed E-state index contributed by atoms with van der Waals surface area (Å²) in [4.78, 5) is 47.0. The number of ether oxygens (including phenoxy) is 2. The monoisotopic (exact) mass is 397 g/mol. The average Bonchev–Trinajstić information content (AvgIpc) is 2.63. The topological polar surface area (TPSA) is 137 Å². The number of carbonyl (C=O) groups excluding carboxylic acids is 4. The fourth-order valence-corrected chi connectivity index (χ4v) is 2.53. The summed E-state index contributed by atoms with van der Waals surface area (Å²) in [6.07, 6.45) is 2.16. The summed E-state index contributed by atoms with van der Waals surface area (Å²) in [5.74, 6) is -1.38. The van der Waals surface area contributed by atoms with Crippen LogP contribution in [-0.2, 0) is 19.1 Å². The van der Waals surface area contributed by atoms with E-state index in [9.17, 15) is 19.2 Å². The van der Waals surface area contributed by atoms with Crippen molar-refractivity contribution in [3.63, 3.8) is 0 Å². The van der Waals surface area contributed by atoms with Gasteiger partial charge in [0.15, 0.2) is 6.61 Å². The van der Waals surface area contributed by atoms with Gasteiger partial charge in [-0.15, -0.1) is 0 Å². The second-order valence-corrected chi connectivity index (χ2v) is 6.25. The lowest BCUT2D eigenvalue weighted by atomic mass is 10.2. The van der Waals surface area contributed by atoms with Crippen molar-refractivity contribution in [2.45, 2.75) is 19.4 Å². The number of rotatable bonds is 10. The molecule has 0 saturated carbocycles.